The molecule has 0 radical (unpaired) electrons. The van der Waals surface area contributed by atoms with Gasteiger partial charge in [-0.2, -0.15) is 0 Å². The molecule has 1 aliphatic rings. The zero-order valence-corrected chi connectivity index (χ0v) is 16.7. The molecule has 0 unspecified atom stereocenters. The highest BCUT2D eigenvalue weighted by molar-refractivity contribution is 7.89. The number of nitrogens with one attached hydrogen (secondary N) is 1. The lowest BCUT2D eigenvalue weighted by molar-refractivity contribution is 0.169. The van der Waals surface area contributed by atoms with Crippen molar-refractivity contribution in [3.63, 3.8) is 0 Å². The minimum absolute atomic E-state index is 0.136. The number of aromatic nitrogens is 1. The van der Waals surface area contributed by atoms with E-state index in [4.69, 9.17) is 4.52 Å². The second-order valence-electron chi connectivity index (χ2n) is 6.30. The fourth-order valence-corrected chi connectivity index (χ4v) is 3.71. The van der Waals surface area contributed by atoms with Crippen LogP contribution in [0.1, 0.15) is 19.0 Å². The normalized spacial score (nSPS) is 17.1. The van der Waals surface area contributed by atoms with Crippen molar-refractivity contribution in [3.05, 3.63) is 18.0 Å². The van der Waals surface area contributed by atoms with Gasteiger partial charge in [-0.3, -0.25) is 9.89 Å². The minimum Gasteiger partial charge on any atom is -0.364 e. The molecule has 1 N–H and O–H groups in total. The van der Waals surface area contributed by atoms with Gasteiger partial charge >= 0.3 is 0 Å². The van der Waals surface area contributed by atoms with E-state index in [-0.39, 0.29) is 5.75 Å². The summed E-state index contributed by atoms with van der Waals surface area (Å²) in [5.41, 5.74) is 0.951. The van der Waals surface area contributed by atoms with Crippen LogP contribution < -0.4 is 5.32 Å². The maximum Gasteiger partial charge on any atom is 0.213 e. The van der Waals surface area contributed by atoms with E-state index in [0.717, 1.165) is 50.8 Å². The number of rotatable bonds is 8. The highest BCUT2D eigenvalue weighted by atomic mass is 32.2. The number of aliphatic imine (C=N–C) groups is 1. The second-order valence-corrected chi connectivity index (χ2v) is 8.67. The number of nitrogens with zero attached hydrogens (tertiary/aromatic N) is 5. The molecule has 0 aliphatic carbocycles. The quantitative estimate of drug-likeness (QED) is 0.383. The zero-order valence-electron chi connectivity index (χ0n) is 15.9. The first-order chi connectivity index (χ1) is 12.5. The molecule has 0 amide bonds. The number of hydrogen-bond acceptors (Lipinski definition) is 6. The molecule has 2 heterocycles. The van der Waals surface area contributed by atoms with Crippen molar-refractivity contribution < 1.29 is 12.9 Å². The maximum absolute atomic E-state index is 11.7. The molecule has 0 bridgehead atoms. The Labute approximate surface area is 156 Å². The minimum atomic E-state index is -3.11. The average Bonchev–Trinajstić information content (AvgIpc) is 3.15. The van der Waals surface area contributed by atoms with Gasteiger partial charge in [-0.15, -0.1) is 0 Å². The van der Waals surface area contributed by atoms with E-state index in [0.29, 0.717) is 13.1 Å². The summed E-state index contributed by atoms with van der Waals surface area (Å²) in [7, 11) is 0.297. The Balaban J connectivity index is 1.69. The summed E-state index contributed by atoms with van der Waals surface area (Å²) >= 11 is 0. The molecule has 0 aromatic carbocycles. The Morgan fingerprint density at radius 2 is 2.12 bits per heavy atom. The smallest absolute Gasteiger partial charge is 0.213 e. The van der Waals surface area contributed by atoms with Gasteiger partial charge in [-0.05, 0) is 13.3 Å². The molecule has 1 saturated heterocycles. The van der Waals surface area contributed by atoms with Crippen LogP contribution in [0.4, 0.5) is 0 Å². The van der Waals surface area contributed by atoms with E-state index in [2.05, 4.69) is 25.3 Å². The van der Waals surface area contributed by atoms with Crippen molar-refractivity contribution in [1.29, 1.82) is 0 Å². The van der Waals surface area contributed by atoms with Crippen LogP contribution >= 0.6 is 0 Å². The summed E-state index contributed by atoms with van der Waals surface area (Å²) in [6.07, 6.45) is 2.33. The van der Waals surface area contributed by atoms with E-state index >= 15 is 0 Å². The molecule has 1 aliphatic heterocycles. The predicted octanol–water partition coefficient (Wildman–Crippen LogP) is 0.0392. The van der Waals surface area contributed by atoms with E-state index in [1.54, 1.807) is 27.3 Å². The molecule has 1 aromatic heterocycles. The van der Waals surface area contributed by atoms with Crippen molar-refractivity contribution in [2.45, 2.75) is 19.9 Å². The van der Waals surface area contributed by atoms with Gasteiger partial charge in [0.05, 0.1) is 11.4 Å². The second kappa shape index (κ2) is 9.89. The highest BCUT2D eigenvalue weighted by Gasteiger charge is 2.20. The number of hydrogen-bond donors (Lipinski definition) is 1. The lowest BCUT2D eigenvalue weighted by Crippen LogP contribution is -2.52. The first kappa shape index (κ1) is 20.7. The van der Waals surface area contributed by atoms with Gasteiger partial charge in [-0.1, -0.05) is 5.16 Å². The first-order valence-corrected chi connectivity index (χ1v) is 10.6. The Morgan fingerprint density at radius 1 is 1.38 bits per heavy atom. The predicted molar refractivity (Wildman–Crippen MR) is 101 cm³/mol. The third-order valence-corrected chi connectivity index (χ3v) is 6.39. The average molecular weight is 387 g/mol. The lowest BCUT2D eigenvalue weighted by atomic mass is 10.3. The van der Waals surface area contributed by atoms with Crippen molar-refractivity contribution >= 4 is 16.0 Å². The molecule has 148 valence electrons. The van der Waals surface area contributed by atoms with Crippen LogP contribution in [0.2, 0.25) is 0 Å². The van der Waals surface area contributed by atoms with Crippen molar-refractivity contribution in [1.82, 2.24) is 24.6 Å². The summed E-state index contributed by atoms with van der Waals surface area (Å²) in [5.74, 6) is 1.00. The Kier molecular flexibility index (Phi) is 7.85. The van der Waals surface area contributed by atoms with Gasteiger partial charge in [-0.25, -0.2) is 12.7 Å². The van der Waals surface area contributed by atoms with Crippen LogP contribution in [0.5, 0.6) is 0 Å². The van der Waals surface area contributed by atoms with Crippen LogP contribution in [-0.4, -0.2) is 92.8 Å². The van der Waals surface area contributed by atoms with E-state index < -0.39 is 10.0 Å². The van der Waals surface area contributed by atoms with Gasteiger partial charge in [0, 0.05) is 66.0 Å². The molecule has 0 spiro atoms. The molecule has 10 heteroatoms. The van der Waals surface area contributed by atoms with Crippen LogP contribution in [0.25, 0.3) is 0 Å². The number of sulfonamides is 1. The van der Waals surface area contributed by atoms with Crippen molar-refractivity contribution in [2.24, 2.45) is 4.99 Å². The number of guanidine groups is 1. The van der Waals surface area contributed by atoms with E-state index in [1.165, 1.54) is 4.31 Å². The molecule has 2 rings (SSSR count). The summed E-state index contributed by atoms with van der Waals surface area (Å²) in [6, 6.07) is 1.89. The van der Waals surface area contributed by atoms with Crippen LogP contribution in [-0.2, 0) is 16.6 Å². The fraction of sp³-hybridized carbons (Fsp3) is 0.750. The zero-order chi connectivity index (χ0) is 19.0. The molecule has 1 fully saturated rings. The third kappa shape index (κ3) is 5.96. The summed E-state index contributed by atoms with van der Waals surface area (Å²) < 4.78 is 29.8. The van der Waals surface area contributed by atoms with Crippen LogP contribution in [0.15, 0.2) is 21.8 Å². The van der Waals surface area contributed by atoms with Crippen molar-refractivity contribution in [3.8, 4) is 0 Å². The largest absolute Gasteiger partial charge is 0.364 e. The molecule has 1 aromatic rings. The standard InChI is InChI=1S/C16H30N6O3S/c1-4-26(23,24)20(3)8-5-7-18-16(17-2)22-11-9-21(10-12-22)14-15-6-13-25-19-15/h6,13H,4-5,7-12,14H2,1-3H3,(H,17,18). The lowest BCUT2D eigenvalue weighted by Gasteiger charge is -2.36. The first-order valence-electron chi connectivity index (χ1n) is 8.97. The van der Waals surface area contributed by atoms with Gasteiger partial charge < -0.3 is 14.7 Å². The topological polar surface area (TPSA) is 94.3 Å². The molecule has 26 heavy (non-hydrogen) atoms. The SMILES string of the molecule is CCS(=O)(=O)N(C)CCCNC(=NC)N1CCN(Cc2ccon2)CC1. The van der Waals surface area contributed by atoms with Gasteiger partial charge in [0.15, 0.2) is 5.96 Å². The van der Waals surface area contributed by atoms with Gasteiger partial charge in [0.25, 0.3) is 0 Å². The maximum atomic E-state index is 11.7. The van der Waals surface area contributed by atoms with E-state index in [9.17, 15) is 8.42 Å². The van der Waals surface area contributed by atoms with Crippen molar-refractivity contribution in [2.75, 3.05) is 59.1 Å². The van der Waals surface area contributed by atoms with Gasteiger partial charge in [0.2, 0.25) is 10.0 Å². The summed E-state index contributed by atoms with van der Waals surface area (Å²) in [5, 5.41) is 7.29. The highest BCUT2D eigenvalue weighted by Crippen LogP contribution is 2.07. The molecule has 0 saturated carbocycles. The van der Waals surface area contributed by atoms with Gasteiger partial charge in [0.1, 0.15) is 6.26 Å². The summed E-state index contributed by atoms with van der Waals surface area (Å²) in [4.78, 5) is 8.92. The molecule has 9 nitrogen and oxygen atoms in total. The molecule has 0 atom stereocenters. The summed E-state index contributed by atoms with van der Waals surface area (Å²) in [6.45, 7) is 7.31. The van der Waals surface area contributed by atoms with E-state index in [1.807, 2.05) is 6.07 Å². The molecular formula is C16H30N6O3S. The third-order valence-electron chi connectivity index (χ3n) is 4.53. The number of piperazine rings is 1. The van der Waals surface area contributed by atoms with Crippen LogP contribution in [0, 0.1) is 0 Å². The Morgan fingerprint density at radius 3 is 2.69 bits per heavy atom. The Bertz CT molecular complexity index is 654. The molecular weight excluding hydrogens is 356 g/mol. The van der Waals surface area contributed by atoms with Crippen LogP contribution in [0.3, 0.4) is 0 Å². The monoisotopic (exact) mass is 386 g/mol. The fourth-order valence-electron chi connectivity index (χ4n) is 2.86. The Hall–Kier alpha value is -1.65.